The molecule has 2 heterocycles. The molecular formula is C116H104S2. The van der Waals surface area contributed by atoms with E-state index in [1.807, 2.05) is 22.7 Å². The molecule has 0 fully saturated rings. The molecule has 0 radical (unpaired) electrons. The highest BCUT2D eigenvalue weighted by molar-refractivity contribution is 7.26. The van der Waals surface area contributed by atoms with Crippen LogP contribution < -0.4 is 0 Å². The summed E-state index contributed by atoms with van der Waals surface area (Å²) in [7, 11) is 0. The van der Waals surface area contributed by atoms with Gasteiger partial charge in [-0.05, 0) is 264 Å². The molecule has 0 aliphatic heterocycles. The molecule has 0 bridgehead atoms. The molecule has 0 nitrogen and oxygen atoms in total. The zero-order valence-corrected chi connectivity index (χ0v) is 72.8. The Morgan fingerprint density at radius 3 is 1.07 bits per heavy atom. The van der Waals surface area contributed by atoms with Gasteiger partial charge in [0.1, 0.15) is 0 Å². The predicted molar refractivity (Wildman–Crippen MR) is 511 cm³/mol. The Hall–Kier alpha value is -12.0. The highest BCUT2D eigenvalue weighted by Crippen LogP contribution is 2.60. The summed E-state index contributed by atoms with van der Waals surface area (Å²) < 4.78 is 5.59. The third-order valence-corrected chi connectivity index (χ3v) is 28.0. The van der Waals surface area contributed by atoms with Gasteiger partial charge in [0.25, 0.3) is 0 Å². The maximum atomic E-state index is 2.38. The van der Waals surface area contributed by atoms with Gasteiger partial charge in [-0.25, -0.2) is 0 Å². The first kappa shape index (κ1) is 78.5. The molecule has 580 valence electrons. The minimum absolute atomic E-state index is 0.141. The quantitative estimate of drug-likeness (QED) is 0.165. The van der Waals surface area contributed by atoms with E-state index in [4.69, 9.17) is 0 Å². The molecule has 0 saturated carbocycles. The minimum Gasteiger partial charge on any atom is -0.135 e. The van der Waals surface area contributed by atoms with E-state index in [0.29, 0.717) is 0 Å². The summed E-state index contributed by atoms with van der Waals surface area (Å²) in [6.45, 7) is 35.7. The van der Waals surface area contributed by atoms with Crippen molar-refractivity contribution in [1.29, 1.82) is 0 Å². The first-order chi connectivity index (χ1) is 57.0. The summed E-state index contributed by atoms with van der Waals surface area (Å²) in [6, 6.07) is 125. The molecule has 118 heavy (non-hydrogen) atoms. The Balaban J connectivity index is 0.000000103. The van der Waals surface area contributed by atoms with Crippen LogP contribution in [0.4, 0.5) is 0 Å². The van der Waals surface area contributed by atoms with Crippen LogP contribution in [-0.2, 0) is 21.7 Å². The maximum absolute atomic E-state index is 2.38. The van der Waals surface area contributed by atoms with Crippen LogP contribution >= 0.6 is 22.7 Å². The van der Waals surface area contributed by atoms with Crippen LogP contribution in [0, 0.1) is 83.1 Å². The molecule has 0 spiro atoms. The maximum Gasteiger partial charge on any atom is 0.0713 e. The van der Waals surface area contributed by atoms with Crippen LogP contribution in [0.5, 0.6) is 0 Å². The third kappa shape index (κ3) is 13.5. The van der Waals surface area contributed by atoms with E-state index in [9.17, 15) is 0 Å². The smallest absolute Gasteiger partial charge is 0.0713 e. The van der Waals surface area contributed by atoms with Crippen molar-refractivity contribution in [2.75, 3.05) is 0 Å². The van der Waals surface area contributed by atoms with Gasteiger partial charge in [-0.15, -0.1) is 22.7 Å². The molecule has 22 rings (SSSR count). The van der Waals surface area contributed by atoms with E-state index >= 15 is 0 Å². The Morgan fingerprint density at radius 2 is 0.542 bits per heavy atom. The SMILES string of the molecule is Cc1ccc(C)c2c1-c1ccccc1C2(C)C.Cc1ccc2c(c1)C(C)(C)c1cccc(C)c1-2.Cc1ccc2c(c1)C(c1ccccc1)(c1ccccc1)c1cc(C)ccc1-2.Cc1ccc2c(c1)C(c1ccccc1)(c1ccccc1)c1cccc(C)c1-2.Cc1ccc2c(c1)sc1cccc(C)c12.Cc1ccc2sc3cccc(C)c3c2c1. The number of aryl methyl sites for hydroxylation is 12. The van der Waals surface area contributed by atoms with Gasteiger partial charge in [-0.2, -0.15) is 0 Å². The lowest BCUT2D eigenvalue weighted by atomic mass is 9.67. The van der Waals surface area contributed by atoms with Crippen molar-refractivity contribution in [3.63, 3.8) is 0 Å². The summed E-state index contributed by atoms with van der Waals surface area (Å²) >= 11 is 3.77. The van der Waals surface area contributed by atoms with Crippen LogP contribution in [0.25, 0.3) is 84.9 Å². The Bertz CT molecular complexity index is 6640. The van der Waals surface area contributed by atoms with Crippen molar-refractivity contribution in [3.05, 3.63) is 473 Å². The third-order valence-electron chi connectivity index (χ3n) is 25.7. The summed E-state index contributed by atoms with van der Waals surface area (Å²) in [6.07, 6.45) is 0. The molecule has 2 heteroatoms. The average Bonchev–Trinajstić information content (AvgIpc) is 1.54. The fourth-order valence-corrected chi connectivity index (χ4v) is 22.7. The zero-order valence-electron chi connectivity index (χ0n) is 71.1. The number of fused-ring (bicyclic) bond motifs is 18. The number of hydrogen-bond donors (Lipinski definition) is 0. The number of hydrogen-bond acceptors (Lipinski definition) is 2. The van der Waals surface area contributed by atoms with Crippen LogP contribution in [0.2, 0.25) is 0 Å². The molecule has 4 aliphatic carbocycles. The van der Waals surface area contributed by atoms with Gasteiger partial charge in [-0.1, -0.05) is 365 Å². The lowest BCUT2D eigenvalue weighted by Gasteiger charge is -2.34. The van der Waals surface area contributed by atoms with Gasteiger partial charge in [-0.3, -0.25) is 0 Å². The molecule has 0 unspecified atom stereocenters. The number of thiophene rings is 2. The van der Waals surface area contributed by atoms with E-state index in [2.05, 4.69) is 450 Å². The first-order valence-corrected chi connectivity index (χ1v) is 43.5. The van der Waals surface area contributed by atoms with Crippen molar-refractivity contribution < 1.29 is 0 Å². The fourth-order valence-electron chi connectivity index (χ4n) is 20.2. The predicted octanol–water partition coefficient (Wildman–Crippen LogP) is 31.9. The summed E-state index contributed by atoms with van der Waals surface area (Å²) in [4.78, 5) is 0. The Kier molecular flexibility index (Phi) is 20.9. The van der Waals surface area contributed by atoms with Crippen molar-refractivity contribution in [2.24, 2.45) is 0 Å². The van der Waals surface area contributed by atoms with E-state index in [0.717, 1.165) is 0 Å². The molecule has 0 amide bonds. The highest BCUT2D eigenvalue weighted by atomic mass is 32.1. The normalized spacial score (nSPS) is 13.7. The van der Waals surface area contributed by atoms with Gasteiger partial charge in [0.05, 0.1) is 10.8 Å². The van der Waals surface area contributed by atoms with Crippen molar-refractivity contribution in [1.82, 2.24) is 0 Å². The molecule has 0 atom stereocenters. The molecule has 2 aromatic heterocycles. The van der Waals surface area contributed by atoms with Gasteiger partial charge < -0.3 is 0 Å². The Labute approximate surface area is 707 Å². The molecule has 16 aromatic carbocycles. The van der Waals surface area contributed by atoms with Crippen molar-refractivity contribution in [2.45, 2.75) is 132 Å². The zero-order chi connectivity index (χ0) is 82.1. The molecule has 18 aromatic rings. The van der Waals surface area contributed by atoms with Crippen LogP contribution in [-0.4, -0.2) is 0 Å². The highest BCUT2D eigenvalue weighted by Gasteiger charge is 2.48. The minimum atomic E-state index is -0.273. The second-order valence-corrected chi connectivity index (χ2v) is 36.7. The summed E-state index contributed by atoms with van der Waals surface area (Å²) in [5.41, 5.74) is 44.0. The first-order valence-electron chi connectivity index (χ1n) is 41.9. The van der Waals surface area contributed by atoms with Gasteiger partial charge >= 0.3 is 0 Å². The van der Waals surface area contributed by atoms with E-state index in [1.54, 1.807) is 0 Å². The Morgan fingerprint density at radius 1 is 0.195 bits per heavy atom. The lowest BCUT2D eigenvalue weighted by molar-refractivity contribution is 0.655. The molecule has 0 saturated heterocycles. The summed E-state index contributed by atoms with van der Waals surface area (Å²) in [5, 5.41) is 5.67. The summed E-state index contributed by atoms with van der Waals surface area (Å²) in [5.74, 6) is 0. The molecule has 0 N–H and O–H groups in total. The van der Waals surface area contributed by atoms with Gasteiger partial charge in [0.15, 0.2) is 0 Å². The van der Waals surface area contributed by atoms with Crippen LogP contribution in [0.15, 0.2) is 340 Å². The van der Waals surface area contributed by atoms with Crippen molar-refractivity contribution in [3.8, 4) is 44.5 Å². The van der Waals surface area contributed by atoms with Crippen molar-refractivity contribution >= 4 is 63.0 Å². The second-order valence-electron chi connectivity index (χ2n) is 34.5. The molecule has 4 aliphatic rings. The van der Waals surface area contributed by atoms with E-state index in [1.165, 1.54) is 218 Å². The van der Waals surface area contributed by atoms with E-state index in [-0.39, 0.29) is 21.7 Å². The van der Waals surface area contributed by atoms with E-state index < -0.39 is 0 Å². The monoisotopic (exact) mass is 1560 g/mol. The lowest BCUT2D eigenvalue weighted by Crippen LogP contribution is -2.28. The van der Waals surface area contributed by atoms with Gasteiger partial charge in [0.2, 0.25) is 0 Å². The van der Waals surface area contributed by atoms with Crippen LogP contribution in [0.3, 0.4) is 0 Å². The second kappa shape index (κ2) is 31.4. The standard InChI is InChI=1S/2C27H22.2C17H18.2C14H12S/c1-19-16-17-23-25(18-19)27(21-11-5-3-6-12-21,22-13-7-4-8-14-22)24-15-9-10-20(2)26(23)24;1-19-13-15-23-24-16-14-20(2)18-26(24)27(25(23)17-19,21-9-5-3-6-10-21)22-11-7-4-8-12-22;1-11-8-9-13-15(10-11)17(3,4)14-7-5-6-12(2)16(13)14;1-11-9-10-12(2)16-15(11)13-7-5-6-8-14(13)17(16,3)4;1-9-6-7-12-11(8-9)14-10(2)4-3-5-13(14)15-12;1-9-6-7-11-13(8-9)15-12-5-3-4-10(2)14(11)12/h2*3-18H,1-2H3;2*5-10H,1-4H3;2*3-8H,1-2H3. The number of rotatable bonds is 4. The molecular weight excluding hydrogens is 1460 g/mol. The fraction of sp³-hybridized carbons (Fsp3) is 0.172. The topological polar surface area (TPSA) is 0 Å². The largest absolute Gasteiger partial charge is 0.135 e. The average molecular weight is 1560 g/mol. The number of benzene rings is 16. The van der Waals surface area contributed by atoms with Gasteiger partial charge in [0, 0.05) is 51.2 Å². The van der Waals surface area contributed by atoms with Crippen LogP contribution in [0.1, 0.15) is 161 Å².